The largest absolute Gasteiger partial charge is 0.480 e. The molecule has 1 aliphatic heterocycles. The van der Waals surface area contributed by atoms with Gasteiger partial charge in [-0.15, -0.1) is 0 Å². The molecule has 1 fully saturated rings. The van der Waals surface area contributed by atoms with E-state index in [-0.39, 0.29) is 30.1 Å². The molecule has 0 unspecified atom stereocenters. The number of hydrogen-bond donors (Lipinski definition) is 1. The van der Waals surface area contributed by atoms with Gasteiger partial charge in [0.05, 0.1) is 0 Å². The van der Waals surface area contributed by atoms with E-state index in [0.29, 0.717) is 31.5 Å². The van der Waals surface area contributed by atoms with Gasteiger partial charge in [0, 0.05) is 23.7 Å². The van der Waals surface area contributed by atoms with E-state index in [4.69, 9.17) is 0 Å². The predicted molar refractivity (Wildman–Crippen MR) is 84.3 cm³/mol. The highest BCUT2D eigenvalue weighted by Gasteiger charge is 2.42. The first-order valence-corrected chi connectivity index (χ1v) is 8.65. The first kappa shape index (κ1) is 18.6. The third-order valence-electron chi connectivity index (χ3n) is 5.07. The first-order valence-electron chi connectivity index (χ1n) is 8.65. The van der Waals surface area contributed by atoms with Gasteiger partial charge >= 0.3 is 12.1 Å². The van der Waals surface area contributed by atoms with E-state index in [2.05, 4.69) is 9.97 Å². The number of amides is 1. The number of carboxylic acid groups (broad SMARTS) is 1. The minimum absolute atomic E-state index is 0.0309. The van der Waals surface area contributed by atoms with Crippen molar-refractivity contribution in [1.82, 2.24) is 14.9 Å². The van der Waals surface area contributed by atoms with E-state index in [0.717, 1.165) is 6.42 Å². The first-order chi connectivity index (χ1) is 12.2. The molecule has 2 atom stereocenters. The lowest BCUT2D eigenvalue weighted by Gasteiger charge is -2.36. The maximum Gasteiger partial charge on any atom is 0.433 e. The Labute approximate surface area is 148 Å². The molecule has 0 spiro atoms. The van der Waals surface area contributed by atoms with Gasteiger partial charge in [0.25, 0.3) is 0 Å². The maximum atomic E-state index is 13.3. The molecule has 1 amide bonds. The van der Waals surface area contributed by atoms with Gasteiger partial charge in [-0.05, 0) is 45.4 Å². The number of aliphatic carboxylic acids is 1. The van der Waals surface area contributed by atoms with Crippen molar-refractivity contribution in [3.8, 4) is 0 Å². The monoisotopic (exact) mass is 371 g/mol. The lowest BCUT2D eigenvalue weighted by molar-refractivity contribution is -0.154. The molecular weight excluding hydrogens is 351 g/mol. The van der Waals surface area contributed by atoms with Crippen molar-refractivity contribution >= 4 is 11.9 Å². The van der Waals surface area contributed by atoms with Gasteiger partial charge in [0.15, 0.2) is 5.69 Å². The van der Waals surface area contributed by atoms with Gasteiger partial charge in [-0.25, -0.2) is 14.8 Å². The number of likely N-dealkylation sites (tertiary alicyclic amines) is 1. The van der Waals surface area contributed by atoms with Gasteiger partial charge < -0.3 is 10.0 Å². The Balaban J connectivity index is 1.88. The van der Waals surface area contributed by atoms with E-state index in [9.17, 15) is 27.9 Å². The fraction of sp³-hybridized carbons (Fsp3) is 0.647. The van der Waals surface area contributed by atoms with Crippen LogP contribution in [0.1, 0.15) is 48.5 Å². The van der Waals surface area contributed by atoms with Crippen molar-refractivity contribution in [2.75, 3.05) is 6.54 Å². The summed E-state index contributed by atoms with van der Waals surface area (Å²) in [5.41, 5.74) is -0.676. The average molecular weight is 371 g/mol. The molecule has 2 aliphatic rings. The Bertz CT molecular complexity index is 736. The van der Waals surface area contributed by atoms with Gasteiger partial charge in [0.2, 0.25) is 5.91 Å². The van der Waals surface area contributed by atoms with Gasteiger partial charge in [-0.3, -0.25) is 4.79 Å². The summed E-state index contributed by atoms with van der Waals surface area (Å²) in [6.45, 7) is 1.74. The zero-order valence-corrected chi connectivity index (χ0v) is 14.3. The molecule has 1 aliphatic carbocycles. The lowest BCUT2D eigenvalue weighted by Crippen LogP contribution is -2.51. The molecule has 1 aromatic rings. The quantitative estimate of drug-likeness (QED) is 0.863. The van der Waals surface area contributed by atoms with Crippen LogP contribution in [0.15, 0.2) is 0 Å². The predicted octanol–water partition coefficient (Wildman–Crippen LogP) is 2.37. The van der Waals surface area contributed by atoms with Gasteiger partial charge in [-0.2, -0.15) is 13.2 Å². The lowest BCUT2D eigenvalue weighted by atomic mass is 9.83. The number of rotatable bonds is 2. The Morgan fingerprint density at radius 3 is 2.58 bits per heavy atom. The molecule has 142 valence electrons. The van der Waals surface area contributed by atoms with Crippen molar-refractivity contribution in [2.45, 2.75) is 57.7 Å². The Morgan fingerprint density at radius 1 is 1.19 bits per heavy atom. The smallest absolute Gasteiger partial charge is 0.433 e. The maximum absolute atomic E-state index is 13.3. The summed E-state index contributed by atoms with van der Waals surface area (Å²) < 4.78 is 40.0. The van der Waals surface area contributed by atoms with Crippen LogP contribution >= 0.6 is 0 Å². The summed E-state index contributed by atoms with van der Waals surface area (Å²) in [7, 11) is 0. The molecule has 0 saturated carbocycles. The van der Waals surface area contributed by atoms with Gasteiger partial charge in [0.1, 0.15) is 11.9 Å². The molecule has 3 rings (SSSR count). The Kier molecular flexibility index (Phi) is 4.90. The average Bonchev–Trinajstić information content (AvgIpc) is 2.59. The molecule has 1 aromatic heterocycles. The van der Waals surface area contributed by atoms with Crippen LogP contribution in [0.5, 0.6) is 0 Å². The van der Waals surface area contributed by atoms with E-state index in [1.54, 1.807) is 0 Å². The van der Waals surface area contributed by atoms with E-state index in [1.165, 1.54) is 11.8 Å². The second-order valence-electron chi connectivity index (χ2n) is 6.86. The molecule has 6 nitrogen and oxygen atoms in total. The molecular formula is C17H20F3N3O3. The topological polar surface area (TPSA) is 83.4 Å². The summed E-state index contributed by atoms with van der Waals surface area (Å²) >= 11 is 0. The molecule has 1 saturated heterocycles. The molecule has 2 heterocycles. The highest BCUT2D eigenvalue weighted by Crippen LogP contribution is 2.36. The fourth-order valence-electron chi connectivity index (χ4n) is 3.87. The number of nitrogens with zero attached hydrogens (tertiary/aromatic N) is 3. The molecule has 26 heavy (non-hydrogen) atoms. The van der Waals surface area contributed by atoms with Crippen molar-refractivity contribution in [3.05, 3.63) is 22.8 Å². The van der Waals surface area contributed by atoms with Crippen LogP contribution in [0.2, 0.25) is 0 Å². The molecule has 0 bridgehead atoms. The van der Waals surface area contributed by atoms with Crippen LogP contribution in [0.4, 0.5) is 13.2 Å². The minimum Gasteiger partial charge on any atom is -0.480 e. The number of alkyl halides is 3. The summed E-state index contributed by atoms with van der Waals surface area (Å²) in [4.78, 5) is 33.2. The van der Waals surface area contributed by atoms with E-state index >= 15 is 0 Å². The van der Waals surface area contributed by atoms with Crippen molar-refractivity contribution in [2.24, 2.45) is 5.92 Å². The second-order valence-corrected chi connectivity index (χ2v) is 6.86. The normalized spacial score (nSPS) is 23.5. The SMILES string of the molecule is Cc1nc2c(c(C(F)(F)F)n1)C[C@H](C(=O)N1CCCC[C@H]1C(=O)O)CC2. The Morgan fingerprint density at radius 2 is 1.92 bits per heavy atom. The number of hydrogen-bond acceptors (Lipinski definition) is 4. The van der Waals surface area contributed by atoms with E-state index in [1.807, 2.05) is 0 Å². The zero-order valence-electron chi connectivity index (χ0n) is 14.3. The molecule has 1 N–H and O–H groups in total. The van der Waals surface area contributed by atoms with Crippen molar-refractivity contribution in [1.29, 1.82) is 0 Å². The fourth-order valence-corrected chi connectivity index (χ4v) is 3.87. The third kappa shape index (κ3) is 3.52. The van der Waals surface area contributed by atoms with Crippen LogP contribution < -0.4 is 0 Å². The van der Waals surface area contributed by atoms with E-state index < -0.39 is 29.8 Å². The Hall–Kier alpha value is -2.19. The number of carbonyl (C=O) groups excluding carboxylic acids is 1. The van der Waals surface area contributed by atoms with Crippen LogP contribution in [0, 0.1) is 12.8 Å². The summed E-state index contributed by atoms with van der Waals surface area (Å²) in [6.07, 6.45) is -2.30. The standard InChI is InChI=1S/C17H20F3N3O3/c1-9-21-12-6-5-10(8-11(12)14(22-9)17(18,19)20)15(24)23-7-3-2-4-13(23)16(25)26/h10,13H,2-8H2,1H3,(H,25,26)/t10-,13+/m1/s1. The van der Waals surface area contributed by atoms with Crippen LogP contribution in [0.25, 0.3) is 0 Å². The number of piperidine rings is 1. The molecule has 0 radical (unpaired) electrons. The molecule has 0 aromatic carbocycles. The second kappa shape index (κ2) is 6.85. The summed E-state index contributed by atoms with van der Waals surface area (Å²) in [5, 5.41) is 9.33. The number of aromatic nitrogens is 2. The number of carboxylic acids is 1. The number of carbonyl (C=O) groups is 2. The summed E-state index contributed by atoms with van der Waals surface area (Å²) in [5.74, 6) is -2.06. The van der Waals surface area contributed by atoms with Crippen LogP contribution in [-0.2, 0) is 28.6 Å². The third-order valence-corrected chi connectivity index (χ3v) is 5.07. The van der Waals surface area contributed by atoms with Crippen molar-refractivity contribution < 1.29 is 27.9 Å². The highest BCUT2D eigenvalue weighted by molar-refractivity contribution is 5.85. The number of aryl methyl sites for hydroxylation is 2. The van der Waals surface area contributed by atoms with Crippen LogP contribution in [-0.4, -0.2) is 44.4 Å². The summed E-state index contributed by atoms with van der Waals surface area (Å²) in [6, 6.07) is -0.894. The number of fused-ring (bicyclic) bond motifs is 1. The van der Waals surface area contributed by atoms with Gasteiger partial charge in [-0.1, -0.05) is 0 Å². The highest BCUT2D eigenvalue weighted by atomic mass is 19.4. The minimum atomic E-state index is -4.61. The molecule has 9 heteroatoms. The van der Waals surface area contributed by atoms with Crippen molar-refractivity contribution in [3.63, 3.8) is 0 Å². The number of halogens is 3. The zero-order chi connectivity index (χ0) is 19.1. The van der Waals surface area contributed by atoms with Crippen LogP contribution in [0.3, 0.4) is 0 Å².